The smallest absolute Gasteiger partial charge is 0.407 e. The van der Waals surface area contributed by atoms with Gasteiger partial charge in [0.05, 0.1) is 24.3 Å². The lowest BCUT2D eigenvalue weighted by molar-refractivity contribution is 0.108. The molecule has 5 rings (SSSR count). The van der Waals surface area contributed by atoms with Crippen molar-refractivity contribution in [3.05, 3.63) is 30.0 Å². The predicted octanol–water partition coefficient (Wildman–Crippen LogP) is 1.85. The number of hydrogen-bond acceptors (Lipinski definition) is 7. The summed E-state index contributed by atoms with van der Waals surface area (Å²) in [6.45, 7) is 1.25. The Morgan fingerprint density at radius 3 is 2.82 bits per heavy atom. The Kier molecular flexibility index (Phi) is 5.04. The average Bonchev–Trinajstić information content (AvgIpc) is 3.22. The van der Waals surface area contributed by atoms with Gasteiger partial charge in [0.15, 0.2) is 6.29 Å². The largest absolute Gasteiger partial charge is 0.490 e. The number of fused-ring (bicyclic) bond motifs is 2. The van der Waals surface area contributed by atoms with Crippen molar-refractivity contribution in [2.75, 3.05) is 25.0 Å². The lowest BCUT2D eigenvalue weighted by Gasteiger charge is -2.27. The number of aromatic nitrogens is 1. The van der Waals surface area contributed by atoms with Crippen LogP contribution in [0, 0.1) is 0 Å². The van der Waals surface area contributed by atoms with E-state index in [1.807, 2.05) is 18.2 Å². The van der Waals surface area contributed by atoms with Crippen molar-refractivity contribution in [1.82, 2.24) is 10.3 Å². The van der Waals surface area contributed by atoms with E-state index in [2.05, 4.69) is 20.9 Å². The van der Waals surface area contributed by atoms with E-state index in [-0.39, 0.29) is 24.3 Å². The van der Waals surface area contributed by atoms with Crippen LogP contribution in [-0.4, -0.2) is 55.8 Å². The first-order chi connectivity index (χ1) is 13.7. The summed E-state index contributed by atoms with van der Waals surface area (Å²) in [7, 11) is 1.50. The maximum Gasteiger partial charge on any atom is 0.407 e. The van der Waals surface area contributed by atoms with Crippen molar-refractivity contribution in [2.24, 2.45) is 5.73 Å². The molecule has 0 bridgehead atoms. The number of pyridine rings is 1. The lowest BCUT2D eigenvalue weighted by Crippen LogP contribution is -2.32. The molecule has 2 aliphatic heterocycles. The summed E-state index contributed by atoms with van der Waals surface area (Å²) in [5.74, 6) is 1.45. The van der Waals surface area contributed by atoms with Gasteiger partial charge >= 0.3 is 6.09 Å². The van der Waals surface area contributed by atoms with Crippen molar-refractivity contribution in [3.8, 4) is 5.75 Å². The molecule has 2 aromatic rings. The molecule has 2 unspecified atom stereocenters. The number of hydrogen-bond donors (Lipinski definition) is 2. The molecule has 1 aromatic carbocycles. The Labute approximate surface area is 163 Å². The summed E-state index contributed by atoms with van der Waals surface area (Å²) in [4.78, 5) is 29.5. The number of nitrogens with one attached hydrogen (secondary N) is 1. The normalized spacial score (nSPS) is 23.2. The summed E-state index contributed by atoms with van der Waals surface area (Å²) in [6.07, 6.45) is 5.51. The van der Waals surface area contributed by atoms with Crippen LogP contribution in [0.15, 0.2) is 24.4 Å². The molecule has 8 nitrogen and oxygen atoms in total. The summed E-state index contributed by atoms with van der Waals surface area (Å²) >= 11 is 0. The minimum Gasteiger partial charge on any atom is -0.490 e. The van der Waals surface area contributed by atoms with Crippen LogP contribution in [0.3, 0.4) is 0 Å². The average molecular weight is 384 g/mol. The van der Waals surface area contributed by atoms with Crippen molar-refractivity contribution in [3.63, 3.8) is 0 Å². The molecule has 3 aliphatic rings. The quantitative estimate of drug-likeness (QED) is 0.775. The second-order valence-corrected chi connectivity index (χ2v) is 7.13. The molecule has 0 spiro atoms. The molecule has 3 fully saturated rings. The SMILES string of the molecule is CN.O=Cc1cc2ccnc(N3CC4NC(=O)OC4C3)c2cc1OC1CCC1. The molecule has 148 valence electrons. The third-order valence-corrected chi connectivity index (χ3v) is 5.47. The number of nitrogens with zero attached hydrogens (tertiary/aromatic N) is 2. The van der Waals surface area contributed by atoms with Gasteiger partial charge in [-0.25, -0.2) is 9.78 Å². The van der Waals surface area contributed by atoms with Crippen molar-refractivity contribution in [1.29, 1.82) is 0 Å². The van der Waals surface area contributed by atoms with Gasteiger partial charge in [0, 0.05) is 18.1 Å². The number of amides is 1. The molecule has 1 amide bonds. The van der Waals surface area contributed by atoms with Crippen LogP contribution in [0.5, 0.6) is 5.75 Å². The predicted molar refractivity (Wildman–Crippen MR) is 105 cm³/mol. The van der Waals surface area contributed by atoms with Crippen LogP contribution >= 0.6 is 0 Å². The maximum atomic E-state index is 11.5. The fraction of sp³-hybridized carbons (Fsp3) is 0.450. The van der Waals surface area contributed by atoms with Gasteiger partial charge in [-0.05, 0) is 49.9 Å². The highest BCUT2D eigenvalue weighted by Crippen LogP contribution is 2.35. The van der Waals surface area contributed by atoms with E-state index in [0.29, 0.717) is 24.4 Å². The number of rotatable bonds is 4. The molecule has 2 atom stereocenters. The fourth-order valence-electron chi connectivity index (χ4n) is 3.85. The molecule has 2 saturated heterocycles. The van der Waals surface area contributed by atoms with E-state index in [4.69, 9.17) is 9.47 Å². The maximum absolute atomic E-state index is 11.5. The van der Waals surface area contributed by atoms with Gasteiger partial charge in [0.2, 0.25) is 0 Å². The number of ether oxygens (including phenoxy) is 2. The Balaban J connectivity index is 0.000000932. The summed E-state index contributed by atoms with van der Waals surface area (Å²) in [5, 5.41) is 4.72. The number of anilines is 1. The van der Waals surface area contributed by atoms with Gasteiger partial charge in [-0.2, -0.15) is 0 Å². The van der Waals surface area contributed by atoms with Gasteiger partial charge in [0.1, 0.15) is 17.7 Å². The van der Waals surface area contributed by atoms with Crippen molar-refractivity contribution >= 4 is 29.0 Å². The number of benzene rings is 1. The first-order valence-corrected chi connectivity index (χ1v) is 9.56. The first kappa shape index (κ1) is 18.5. The highest BCUT2D eigenvalue weighted by atomic mass is 16.6. The van der Waals surface area contributed by atoms with Gasteiger partial charge in [-0.15, -0.1) is 0 Å². The van der Waals surface area contributed by atoms with E-state index in [0.717, 1.165) is 35.7 Å². The molecule has 3 N–H and O–H groups in total. The summed E-state index contributed by atoms with van der Waals surface area (Å²) in [6, 6.07) is 5.66. The van der Waals surface area contributed by atoms with Gasteiger partial charge in [-0.3, -0.25) is 4.79 Å². The highest BCUT2D eigenvalue weighted by Gasteiger charge is 2.42. The van der Waals surface area contributed by atoms with Gasteiger partial charge < -0.3 is 25.4 Å². The second kappa shape index (κ2) is 7.63. The van der Waals surface area contributed by atoms with Crippen LogP contribution in [-0.2, 0) is 4.74 Å². The van der Waals surface area contributed by atoms with E-state index < -0.39 is 0 Å². The zero-order valence-corrected chi connectivity index (χ0v) is 15.8. The topological polar surface area (TPSA) is 107 Å². The lowest BCUT2D eigenvalue weighted by atomic mass is 9.96. The molecule has 3 heterocycles. The van der Waals surface area contributed by atoms with Crippen LogP contribution in [0.4, 0.5) is 10.6 Å². The van der Waals surface area contributed by atoms with E-state index >= 15 is 0 Å². The monoisotopic (exact) mass is 384 g/mol. The van der Waals surface area contributed by atoms with Crippen LogP contribution in [0.25, 0.3) is 10.8 Å². The van der Waals surface area contributed by atoms with E-state index in [1.54, 1.807) is 6.20 Å². The molecule has 0 radical (unpaired) electrons. The number of aldehydes is 1. The fourth-order valence-corrected chi connectivity index (χ4v) is 3.85. The standard InChI is InChI=1S/C19H19N3O4.CH5N/c23-10-12-6-11-4-5-20-18(14(11)7-16(12)25-13-2-1-3-13)22-8-15-17(9-22)26-19(24)21-15;1-2/h4-7,10,13,15,17H,1-3,8-9H2,(H,21,24);2H2,1H3. The van der Waals surface area contributed by atoms with Gasteiger partial charge in [-0.1, -0.05) is 0 Å². The highest BCUT2D eigenvalue weighted by molar-refractivity contribution is 5.98. The second-order valence-electron chi connectivity index (χ2n) is 7.13. The molecule has 28 heavy (non-hydrogen) atoms. The zero-order valence-electron chi connectivity index (χ0n) is 15.8. The summed E-state index contributed by atoms with van der Waals surface area (Å²) < 4.78 is 11.3. The number of nitrogens with two attached hydrogens (primary N) is 1. The van der Waals surface area contributed by atoms with Crippen LogP contribution in [0.1, 0.15) is 29.6 Å². The minimum absolute atomic E-state index is 0.0144. The Bertz CT molecular complexity index is 883. The number of alkyl carbamates (subject to hydrolysis) is 1. The molecule has 8 heteroatoms. The molecular formula is C20H24N4O4. The van der Waals surface area contributed by atoms with E-state index in [9.17, 15) is 9.59 Å². The number of carbonyl (C=O) groups excluding carboxylic acids is 2. The number of carbonyl (C=O) groups is 2. The van der Waals surface area contributed by atoms with Crippen LogP contribution < -0.4 is 20.7 Å². The molecule has 1 aliphatic carbocycles. The summed E-state index contributed by atoms with van der Waals surface area (Å²) in [5.41, 5.74) is 5.07. The minimum atomic E-state index is -0.350. The zero-order chi connectivity index (χ0) is 19.7. The Hall–Kier alpha value is -2.87. The van der Waals surface area contributed by atoms with Crippen molar-refractivity contribution in [2.45, 2.75) is 37.5 Å². The Morgan fingerprint density at radius 2 is 2.14 bits per heavy atom. The molecular weight excluding hydrogens is 360 g/mol. The van der Waals surface area contributed by atoms with Crippen LogP contribution in [0.2, 0.25) is 0 Å². The van der Waals surface area contributed by atoms with Crippen molar-refractivity contribution < 1.29 is 19.1 Å². The van der Waals surface area contributed by atoms with E-state index in [1.165, 1.54) is 13.5 Å². The first-order valence-electron chi connectivity index (χ1n) is 9.56. The van der Waals surface area contributed by atoms with Gasteiger partial charge in [0.25, 0.3) is 0 Å². The Morgan fingerprint density at radius 1 is 1.32 bits per heavy atom. The third kappa shape index (κ3) is 3.24. The third-order valence-electron chi connectivity index (χ3n) is 5.47. The molecule has 1 saturated carbocycles. The molecule has 1 aromatic heterocycles.